The van der Waals surface area contributed by atoms with Gasteiger partial charge in [0.1, 0.15) is 0 Å². The van der Waals surface area contributed by atoms with E-state index in [0.29, 0.717) is 0 Å². The molecule has 0 atom stereocenters. The lowest BCUT2D eigenvalue weighted by Crippen LogP contribution is -2.06. The summed E-state index contributed by atoms with van der Waals surface area (Å²) >= 11 is 0. The van der Waals surface area contributed by atoms with Crippen molar-refractivity contribution >= 4 is 21.2 Å². The van der Waals surface area contributed by atoms with Crippen LogP contribution in [0.15, 0.2) is 36.4 Å². The lowest BCUT2D eigenvalue weighted by Gasteiger charge is -2.02. The highest BCUT2D eigenvalue weighted by molar-refractivity contribution is 7.81. The number of benzene rings is 2. The number of hydrogen-bond donors (Lipinski definition) is 1. The molecular weight excluding hydrogens is 216 g/mol. The standard InChI is InChI=1S/C10H7O4S/c11-15(12,13)14-10-6-5-8-3-1-2-4-9(8)7-10/h1-5,7H,(H,11,12,13). The zero-order valence-electron chi connectivity index (χ0n) is 7.54. The SMILES string of the molecule is O=S(=O)(O)Oc1[c]cc2ccccc2c1. The molecule has 0 aromatic heterocycles. The summed E-state index contributed by atoms with van der Waals surface area (Å²) in [6.07, 6.45) is 0. The highest BCUT2D eigenvalue weighted by Crippen LogP contribution is 2.20. The van der Waals surface area contributed by atoms with Gasteiger partial charge in [-0.2, -0.15) is 8.42 Å². The normalized spacial score (nSPS) is 11.5. The van der Waals surface area contributed by atoms with E-state index in [4.69, 9.17) is 4.55 Å². The van der Waals surface area contributed by atoms with Crippen molar-refractivity contribution < 1.29 is 17.2 Å². The van der Waals surface area contributed by atoms with Crippen LogP contribution in [0.5, 0.6) is 5.75 Å². The van der Waals surface area contributed by atoms with Gasteiger partial charge in [-0.25, -0.2) is 0 Å². The largest absolute Gasteiger partial charge is 0.446 e. The maximum absolute atomic E-state index is 10.5. The van der Waals surface area contributed by atoms with E-state index in [0.717, 1.165) is 10.8 Å². The highest BCUT2D eigenvalue weighted by Gasteiger charge is 2.07. The summed E-state index contributed by atoms with van der Waals surface area (Å²) in [6, 6.07) is 13.0. The Kier molecular flexibility index (Phi) is 2.34. The Bertz CT molecular complexity index is 589. The summed E-state index contributed by atoms with van der Waals surface area (Å²) in [6.45, 7) is 0. The Labute approximate surface area is 87.1 Å². The van der Waals surface area contributed by atoms with Gasteiger partial charge in [0.25, 0.3) is 0 Å². The summed E-state index contributed by atoms with van der Waals surface area (Å²) in [4.78, 5) is 0. The Morgan fingerprint density at radius 3 is 2.53 bits per heavy atom. The van der Waals surface area contributed by atoms with Gasteiger partial charge in [-0.15, -0.1) is 0 Å². The maximum atomic E-state index is 10.5. The van der Waals surface area contributed by atoms with Crippen molar-refractivity contribution in [3.63, 3.8) is 0 Å². The Morgan fingerprint density at radius 1 is 1.20 bits per heavy atom. The topological polar surface area (TPSA) is 63.6 Å². The molecule has 2 aromatic carbocycles. The van der Waals surface area contributed by atoms with Crippen LogP contribution in [-0.4, -0.2) is 13.0 Å². The van der Waals surface area contributed by atoms with Gasteiger partial charge < -0.3 is 4.18 Å². The quantitative estimate of drug-likeness (QED) is 0.789. The number of hydrogen-bond acceptors (Lipinski definition) is 3. The molecule has 0 aliphatic rings. The second-order valence-corrected chi connectivity index (χ2v) is 3.96. The van der Waals surface area contributed by atoms with Gasteiger partial charge >= 0.3 is 10.4 Å². The van der Waals surface area contributed by atoms with Crippen molar-refractivity contribution in [1.29, 1.82) is 0 Å². The molecule has 0 spiro atoms. The van der Waals surface area contributed by atoms with Gasteiger partial charge in [0, 0.05) is 6.07 Å². The molecule has 0 heterocycles. The second kappa shape index (κ2) is 3.52. The van der Waals surface area contributed by atoms with E-state index in [1.165, 1.54) is 6.07 Å². The molecule has 0 unspecified atom stereocenters. The van der Waals surface area contributed by atoms with Gasteiger partial charge in [-0.05, 0) is 22.9 Å². The number of fused-ring (bicyclic) bond motifs is 1. The van der Waals surface area contributed by atoms with Crippen LogP contribution in [0.25, 0.3) is 10.8 Å². The van der Waals surface area contributed by atoms with E-state index in [1.54, 1.807) is 12.1 Å². The molecule has 15 heavy (non-hydrogen) atoms. The fraction of sp³-hybridized carbons (Fsp3) is 0. The Morgan fingerprint density at radius 2 is 1.87 bits per heavy atom. The molecular formula is C10H7O4S. The van der Waals surface area contributed by atoms with E-state index < -0.39 is 10.4 Å². The Hall–Kier alpha value is -1.59. The van der Waals surface area contributed by atoms with Crippen LogP contribution in [0.4, 0.5) is 0 Å². The predicted octanol–water partition coefficient (Wildman–Crippen LogP) is 1.82. The van der Waals surface area contributed by atoms with Crippen molar-refractivity contribution in [1.82, 2.24) is 0 Å². The van der Waals surface area contributed by atoms with Crippen LogP contribution in [-0.2, 0) is 10.4 Å². The fourth-order valence-corrected chi connectivity index (χ4v) is 1.59. The summed E-state index contributed by atoms with van der Waals surface area (Å²) < 4.78 is 33.7. The first-order valence-electron chi connectivity index (χ1n) is 4.12. The molecule has 0 bridgehead atoms. The van der Waals surface area contributed by atoms with Crippen LogP contribution in [0.1, 0.15) is 0 Å². The zero-order valence-corrected chi connectivity index (χ0v) is 8.36. The van der Waals surface area contributed by atoms with E-state index in [-0.39, 0.29) is 5.75 Å². The smallest absolute Gasteiger partial charge is 0.361 e. The van der Waals surface area contributed by atoms with Crippen LogP contribution in [0.3, 0.4) is 0 Å². The molecule has 2 rings (SSSR count). The van der Waals surface area contributed by atoms with Gasteiger partial charge in [0.15, 0.2) is 5.75 Å². The van der Waals surface area contributed by atoms with E-state index in [1.807, 2.05) is 18.2 Å². The average Bonchev–Trinajstić information content (AvgIpc) is 2.15. The zero-order chi connectivity index (χ0) is 10.9. The third-order valence-corrected chi connectivity index (χ3v) is 2.24. The van der Waals surface area contributed by atoms with Crippen molar-refractivity contribution in [3.8, 4) is 5.75 Å². The molecule has 1 radical (unpaired) electrons. The molecule has 0 aliphatic carbocycles. The van der Waals surface area contributed by atoms with Crippen LogP contribution in [0, 0.1) is 6.07 Å². The first kappa shape index (κ1) is 9.95. The van der Waals surface area contributed by atoms with Crippen LogP contribution < -0.4 is 4.18 Å². The minimum absolute atomic E-state index is 0.0313. The van der Waals surface area contributed by atoms with Gasteiger partial charge in [0.05, 0.1) is 0 Å². The first-order valence-corrected chi connectivity index (χ1v) is 5.48. The van der Waals surface area contributed by atoms with Gasteiger partial charge in [-0.1, -0.05) is 24.3 Å². The van der Waals surface area contributed by atoms with Crippen LogP contribution >= 0.6 is 0 Å². The van der Waals surface area contributed by atoms with Crippen molar-refractivity contribution in [2.45, 2.75) is 0 Å². The molecule has 0 amide bonds. The minimum atomic E-state index is -4.48. The molecule has 0 aliphatic heterocycles. The summed E-state index contributed by atoms with van der Waals surface area (Å²) in [5.74, 6) is -0.0313. The van der Waals surface area contributed by atoms with Crippen molar-refractivity contribution in [3.05, 3.63) is 42.5 Å². The van der Waals surface area contributed by atoms with Crippen molar-refractivity contribution in [2.75, 3.05) is 0 Å². The molecule has 0 fully saturated rings. The molecule has 5 heteroatoms. The lowest BCUT2D eigenvalue weighted by molar-refractivity contribution is 0.386. The van der Waals surface area contributed by atoms with Gasteiger partial charge in [-0.3, -0.25) is 4.55 Å². The average molecular weight is 223 g/mol. The molecule has 0 saturated carbocycles. The third-order valence-electron chi connectivity index (χ3n) is 1.85. The predicted molar refractivity (Wildman–Crippen MR) is 55.0 cm³/mol. The van der Waals surface area contributed by atoms with Crippen molar-refractivity contribution in [2.24, 2.45) is 0 Å². The maximum Gasteiger partial charge on any atom is 0.446 e. The molecule has 1 N–H and O–H groups in total. The monoisotopic (exact) mass is 223 g/mol. The summed E-state index contributed by atoms with van der Waals surface area (Å²) in [7, 11) is -4.48. The van der Waals surface area contributed by atoms with E-state index in [2.05, 4.69) is 10.2 Å². The van der Waals surface area contributed by atoms with Crippen LogP contribution in [0.2, 0.25) is 0 Å². The lowest BCUT2D eigenvalue weighted by atomic mass is 10.1. The third kappa shape index (κ3) is 2.45. The number of rotatable bonds is 2. The molecule has 0 saturated heterocycles. The van der Waals surface area contributed by atoms with E-state index >= 15 is 0 Å². The minimum Gasteiger partial charge on any atom is -0.361 e. The fourth-order valence-electron chi connectivity index (χ4n) is 1.27. The molecule has 77 valence electrons. The van der Waals surface area contributed by atoms with E-state index in [9.17, 15) is 8.42 Å². The Balaban J connectivity index is 2.48. The second-order valence-electron chi connectivity index (χ2n) is 2.94. The van der Waals surface area contributed by atoms with Gasteiger partial charge in [0.2, 0.25) is 0 Å². The first-order chi connectivity index (χ1) is 7.04. The highest BCUT2D eigenvalue weighted by atomic mass is 32.3. The summed E-state index contributed by atoms with van der Waals surface area (Å²) in [5, 5.41) is 1.73. The summed E-state index contributed by atoms with van der Waals surface area (Å²) in [5.41, 5.74) is 0. The molecule has 2 aromatic rings. The molecule has 4 nitrogen and oxygen atoms in total.